The van der Waals surface area contributed by atoms with E-state index < -0.39 is 6.09 Å². The molecule has 35 heavy (non-hydrogen) atoms. The van der Waals surface area contributed by atoms with Crippen molar-refractivity contribution in [3.63, 3.8) is 0 Å². The van der Waals surface area contributed by atoms with Gasteiger partial charge in [-0.25, -0.2) is 9.78 Å². The molecule has 2 heterocycles. The highest BCUT2D eigenvalue weighted by Gasteiger charge is 2.24. The third kappa shape index (κ3) is 5.62. The van der Waals surface area contributed by atoms with Crippen molar-refractivity contribution in [1.29, 1.82) is 0 Å². The number of ether oxygens (including phenoxy) is 3. The average Bonchev–Trinajstić information content (AvgIpc) is 2.90. The lowest BCUT2D eigenvalue weighted by Gasteiger charge is -2.34. The van der Waals surface area contributed by atoms with Gasteiger partial charge in [-0.15, -0.1) is 0 Å². The molecule has 11 heteroatoms. The molecule has 11 nitrogen and oxygen atoms in total. The number of alkyl carbamates (subject to hydrolysis) is 1. The van der Waals surface area contributed by atoms with Gasteiger partial charge in [0, 0.05) is 37.6 Å². The Morgan fingerprint density at radius 3 is 2.37 bits per heavy atom. The van der Waals surface area contributed by atoms with Crippen molar-refractivity contribution in [2.24, 2.45) is 0 Å². The number of benzene rings is 2. The van der Waals surface area contributed by atoms with Gasteiger partial charge in [0.15, 0.2) is 11.5 Å². The molecular formula is C24H28N6O5. The molecule has 0 bridgehead atoms. The van der Waals surface area contributed by atoms with Crippen LogP contribution in [-0.4, -0.2) is 73.8 Å². The van der Waals surface area contributed by atoms with Crippen molar-refractivity contribution in [3.8, 4) is 11.5 Å². The van der Waals surface area contributed by atoms with Crippen LogP contribution in [0.2, 0.25) is 0 Å². The number of aromatic nitrogens is 2. The lowest BCUT2D eigenvalue weighted by atomic mass is 10.2. The second-order valence-electron chi connectivity index (χ2n) is 7.92. The number of piperazine rings is 1. The predicted octanol–water partition coefficient (Wildman–Crippen LogP) is 1.80. The molecule has 1 fully saturated rings. The molecule has 2 amide bonds. The van der Waals surface area contributed by atoms with Crippen molar-refractivity contribution >= 4 is 34.7 Å². The zero-order chi connectivity index (χ0) is 24.8. The van der Waals surface area contributed by atoms with Gasteiger partial charge >= 0.3 is 6.09 Å². The summed E-state index contributed by atoms with van der Waals surface area (Å²) in [6.45, 7) is 2.01. The van der Waals surface area contributed by atoms with E-state index in [9.17, 15) is 9.59 Å². The highest BCUT2D eigenvalue weighted by atomic mass is 16.5. The molecule has 0 aliphatic carbocycles. The van der Waals surface area contributed by atoms with E-state index in [1.807, 2.05) is 35.2 Å². The third-order valence-corrected chi connectivity index (χ3v) is 5.73. The van der Waals surface area contributed by atoms with E-state index in [1.165, 1.54) is 0 Å². The molecular weight excluding hydrogens is 452 g/mol. The van der Waals surface area contributed by atoms with Gasteiger partial charge in [-0.2, -0.15) is 4.98 Å². The molecule has 0 radical (unpaired) electrons. The van der Waals surface area contributed by atoms with E-state index in [2.05, 4.69) is 15.3 Å². The van der Waals surface area contributed by atoms with E-state index in [0.29, 0.717) is 60.3 Å². The lowest BCUT2D eigenvalue weighted by Crippen LogP contribution is -2.51. The molecule has 3 aromatic rings. The zero-order valence-corrected chi connectivity index (χ0v) is 19.7. The van der Waals surface area contributed by atoms with Gasteiger partial charge in [-0.1, -0.05) is 30.3 Å². The first kappa shape index (κ1) is 23.9. The van der Waals surface area contributed by atoms with Crippen LogP contribution in [0.5, 0.6) is 11.5 Å². The number of nitrogens with one attached hydrogen (secondary N) is 1. The monoisotopic (exact) mass is 480 g/mol. The van der Waals surface area contributed by atoms with Crippen molar-refractivity contribution in [2.45, 2.75) is 6.61 Å². The standard InChI is InChI=1S/C24H28N6O5/c1-33-19-12-17-18(13-20(19)34-2)27-23(28-22(17)25)30-10-8-29(9-11-30)21(31)14-26-24(32)35-15-16-6-4-3-5-7-16/h3-7,12-13H,8-11,14-15H2,1-2H3,(H,26,32)(H2,25,27,28). The number of nitrogens with two attached hydrogens (primary N) is 1. The Morgan fingerprint density at radius 1 is 1.00 bits per heavy atom. The van der Waals surface area contributed by atoms with Gasteiger partial charge in [0.2, 0.25) is 11.9 Å². The van der Waals surface area contributed by atoms with Crippen LogP contribution in [0.3, 0.4) is 0 Å². The normalized spacial score (nSPS) is 13.4. The van der Waals surface area contributed by atoms with Crippen LogP contribution in [-0.2, 0) is 16.1 Å². The Balaban J connectivity index is 1.31. The maximum Gasteiger partial charge on any atom is 0.407 e. The fourth-order valence-corrected chi connectivity index (χ4v) is 3.80. The number of nitrogens with zero attached hydrogens (tertiary/aromatic N) is 4. The first-order chi connectivity index (χ1) is 17.0. The van der Waals surface area contributed by atoms with Gasteiger partial charge in [0.25, 0.3) is 0 Å². The topological polar surface area (TPSA) is 132 Å². The minimum Gasteiger partial charge on any atom is -0.493 e. The van der Waals surface area contributed by atoms with E-state index in [0.717, 1.165) is 5.56 Å². The summed E-state index contributed by atoms with van der Waals surface area (Å²) in [5, 5.41) is 3.18. The van der Waals surface area contributed by atoms with Crippen LogP contribution in [0.15, 0.2) is 42.5 Å². The zero-order valence-electron chi connectivity index (χ0n) is 19.7. The van der Waals surface area contributed by atoms with Crippen molar-refractivity contribution < 1.29 is 23.8 Å². The van der Waals surface area contributed by atoms with E-state index in [-0.39, 0.29) is 19.1 Å². The maximum atomic E-state index is 12.5. The highest BCUT2D eigenvalue weighted by molar-refractivity contribution is 5.91. The summed E-state index contributed by atoms with van der Waals surface area (Å²) in [6.07, 6.45) is -0.632. The van der Waals surface area contributed by atoms with Crippen molar-refractivity contribution in [2.75, 3.05) is 57.6 Å². The smallest absolute Gasteiger partial charge is 0.407 e. The lowest BCUT2D eigenvalue weighted by molar-refractivity contribution is -0.130. The fourth-order valence-electron chi connectivity index (χ4n) is 3.80. The average molecular weight is 481 g/mol. The van der Waals surface area contributed by atoms with Crippen LogP contribution < -0.4 is 25.4 Å². The molecule has 1 aromatic heterocycles. The quantitative estimate of drug-likeness (QED) is 0.519. The summed E-state index contributed by atoms with van der Waals surface area (Å²) < 4.78 is 15.8. The van der Waals surface area contributed by atoms with E-state index in [1.54, 1.807) is 31.3 Å². The van der Waals surface area contributed by atoms with Crippen molar-refractivity contribution in [1.82, 2.24) is 20.2 Å². The largest absolute Gasteiger partial charge is 0.493 e. The molecule has 0 unspecified atom stereocenters. The summed E-state index contributed by atoms with van der Waals surface area (Å²) >= 11 is 0. The predicted molar refractivity (Wildman–Crippen MR) is 130 cm³/mol. The molecule has 0 saturated carbocycles. The Morgan fingerprint density at radius 2 is 1.69 bits per heavy atom. The summed E-state index contributed by atoms with van der Waals surface area (Å²) in [5.41, 5.74) is 7.71. The molecule has 1 aliphatic rings. The van der Waals surface area contributed by atoms with Gasteiger partial charge in [-0.05, 0) is 11.6 Å². The highest BCUT2D eigenvalue weighted by Crippen LogP contribution is 2.34. The minimum atomic E-state index is -0.632. The molecule has 2 aromatic carbocycles. The molecule has 0 atom stereocenters. The van der Waals surface area contributed by atoms with E-state index >= 15 is 0 Å². The molecule has 4 rings (SSSR count). The van der Waals surface area contributed by atoms with Gasteiger partial charge in [-0.3, -0.25) is 4.79 Å². The number of carbonyl (C=O) groups excluding carboxylic acids is 2. The Kier molecular flexibility index (Phi) is 7.34. The van der Waals surface area contributed by atoms with Crippen LogP contribution in [0.25, 0.3) is 10.9 Å². The molecule has 184 valence electrons. The molecule has 0 spiro atoms. The maximum absolute atomic E-state index is 12.5. The summed E-state index contributed by atoms with van der Waals surface area (Å²) in [5.74, 6) is 1.73. The minimum absolute atomic E-state index is 0.130. The second kappa shape index (κ2) is 10.8. The van der Waals surface area contributed by atoms with Crippen molar-refractivity contribution in [3.05, 3.63) is 48.0 Å². The number of rotatable bonds is 7. The van der Waals surface area contributed by atoms with Crippen LogP contribution >= 0.6 is 0 Å². The van der Waals surface area contributed by atoms with Crippen LogP contribution in [0, 0.1) is 0 Å². The summed E-state index contributed by atoms with van der Waals surface area (Å²) in [4.78, 5) is 37.2. The Hall–Kier alpha value is -4.28. The number of carbonyl (C=O) groups is 2. The van der Waals surface area contributed by atoms with Crippen LogP contribution in [0.4, 0.5) is 16.6 Å². The number of hydrogen-bond acceptors (Lipinski definition) is 9. The number of anilines is 2. The molecule has 1 aliphatic heterocycles. The first-order valence-corrected chi connectivity index (χ1v) is 11.1. The van der Waals surface area contributed by atoms with Gasteiger partial charge in [0.1, 0.15) is 19.0 Å². The Labute approximate surface area is 202 Å². The fraction of sp³-hybridized carbons (Fsp3) is 0.333. The molecule has 3 N–H and O–H groups in total. The number of amides is 2. The van der Waals surface area contributed by atoms with E-state index in [4.69, 9.17) is 19.9 Å². The number of nitrogen functional groups attached to an aromatic ring is 1. The third-order valence-electron chi connectivity index (χ3n) is 5.73. The Bertz CT molecular complexity index is 1200. The second-order valence-corrected chi connectivity index (χ2v) is 7.92. The summed E-state index contributed by atoms with van der Waals surface area (Å²) in [6, 6.07) is 12.9. The summed E-state index contributed by atoms with van der Waals surface area (Å²) in [7, 11) is 3.11. The number of hydrogen-bond donors (Lipinski definition) is 2. The molecule has 1 saturated heterocycles. The first-order valence-electron chi connectivity index (χ1n) is 11.1. The SMILES string of the molecule is COc1cc2nc(N3CCN(C(=O)CNC(=O)OCc4ccccc4)CC3)nc(N)c2cc1OC. The van der Waals surface area contributed by atoms with Gasteiger partial charge in [0.05, 0.1) is 19.7 Å². The van der Waals surface area contributed by atoms with Crippen LogP contribution in [0.1, 0.15) is 5.56 Å². The van der Waals surface area contributed by atoms with Gasteiger partial charge < -0.3 is 35.1 Å². The number of fused-ring (bicyclic) bond motifs is 1. The number of methoxy groups -OCH3 is 2.